The first-order valence-corrected chi connectivity index (χ1v) is 12.4. The zero-order chi connectivity index (χ0) is 25.3. The van der Waals surface area contributed by atoms with E-state index in [0.29, 0.717) is 55.6 Å². The largest absolute Gasteiger partial charge is 0.496 e. The molecule has 1 fully saturated rings. The number of ether oxygens (including phenoxy) is 2. The van der Waals surface area contributed by atoms with Gasteiger partial charge in [-0.25, -0.2) is 4.98 Å². The first-order valence-electron chi connectivity index (χ1n) is 11.6. The molecule has 10 heteroatoms. The lowest BCUT2D eigenvalue weighted by atomic mass is 9.80. The third-order valence-corrected chi connectivity index (χ3v) is 7.61. The van der Waals surface area contributed by atoms with Crippen LogP contribution in [0.15, 0.2) is 36.5 Å². The van der Waals surface area contributed by atoms with Crippen LogP contribution in [0.2, 0.25) is 0 Å². The number of benzene rings is 1. The number of nitriles is 1. The van der Waals surface area contributed by atoms with Crippen LogP contribution in [0.4, 0.5) is 5.13 Å². The normalized spacial score (nSPS) is 16.2. The van der Waals surface area contributed by atoms with Gasteiger partial charge < -0.3 is 14.4 Å². The number of fused-ring (bicyclic) bond motifs is 1. The van der Waals surface area contributed by atoms with E-state index in [1.54, 1.807) is 18.2 Å². The number of nitrogens with zero attached hydrogens (tertiary/aromatic N) is 4. The monoisotopic (exact) mass is 503 g/mol. The summed E-state index contributed by atoms with van der Waals surface area (Å²) < 4.78 is 10.8. The van der Waals surface area contributed by atoms with Crippen LogP contribution in [-0.2, 0) is 22.6 Å². The number of carbonyl (C=O) groups is 2. The molecule has 3 aromatic rings. The van der Waals surface area contributed by atoms with Gasteiger partial charge in [-0.2, -0.15) is 5.26 Å². The zero-order valence-electron chi connectivity index (χ0n) is 20.0. The number of pyridine rings is 1. The molecule has 1 N–H and O–H groups in total. The number of nitrogens with one attached hydrogen (secondary N) is 1. The van der Waals surface area contributed by atoms with Crippen molar-refractivity contribution in [1.82, 2.24) is 14.9 Å². The number of amides is 2. The fourth-order valence-electron chi connectivity index (χ4n) is 4.63. The summed E-state index contributed by atoms with van der Waals surface area (Å²) in [4.78, 5) is 37.9. The Balaban J connectivity index is 1.33. The SMILES string of the molecule is COc1ccccc1-c1cc(C)ncc1C(=O)Nc1nc2c(s1)CN(C(=O)C1(C#N)CCOCC1)C2. The highest BCUT2D eigenvalue weighted by Crippen LogP contribution is 2.38. The van der Waals surface area contributed by atoms with Crippen molar-refractivity contribution in [2.75, 3.05) is 25.6 Å². The molecule has 0 spiro atoms. The Morgan fingerprint density at radius 3 is 2.72 bits per heavy atom. The van der Waals surface area contributed by atoms with Gasteiger partial charge in [0.1, 0.15) is 11.2 Å². The van der Waals surface area contributed by atoms with Crippen molar-refractivity contribution in [3.63, 3.8) is 0 Å². The van der Waals surface area contributed by atoms with Gasteiger partial charge in [-0.3, -0.25) is 19.9 Å². The molecular formula is C26H25N5O4S. The van der Waals surface area contributed by atoms with Gasteiger partial charge in [0.25, 0.3) is 5.91 Å². The second-order valence-corrected chi connectivity index (χ2v) is 9.97. The Morgan fingerprint density at radius 2 is 2.00 bits per heavy atom. The average Bonchev–Trinajstić information content (AvgIpc) is 3.47. The van der Waals surface area contributed by atoms with Crippen LogP contribution in [0.5, 0.6) is 5.75 Å². The van der Waals surface area contributed by atoms with Gasteiger partial charge in [0.05, 0.1) is 42.4 Å². The van der Waals surface area contributed by atoms with Crippen LogP contribution in [0, 0.1) is 23.7 Å². The minimum atomic E-state index is -1.03. The standard InChI is InChI=1S/C26H25N5O4S/c1-16-11-18(17-5-3-4-6-21(17)34-2)19(12-28-16)23(32)30-25-29-20-13-31(14-22(20)36-25)24(33)26(15-27)7-9-35-10-8-26/h3-6,11-12H,7-10,13-14H2,1-2H3,(H,29,30,32). The highest BCUT2D eigenvalue weighted by molar-refractivity contribution is 7.16. The van der Waals surface area contributed by atoms with Crippen molar-refractivity contribution in [1.29, 1.82) is 5.26 Å². The van der Waals surface area contributed by atoms with Gasteiger partial charge in [-0.05, 0) is 31.9 Å². The lowest BCUT2D eigenvalue weighted by Gasteiger charge is -2.32. The summed E-state index contributed by atoms with van der Waals surface area (Å²) in [5.41, 5.74) is 2.42. The number of anilines is 1. The summed E-state index contributed by atoms with van der Waals surface area (Å²) in [6.45, 7) is 3.39. The highest BCUT2D eigenvalue weighted by atomic mass is 32.1. The molecule has 2 aliphatic rings. The van der Waals surface area contributed by atoms with Crippen molar-refractivity contribution in [2.24, 2.45) is 5.41 Å². The Labute approximate surface area is 212 Å². The van der Waals surface area contributed by atoms with Gasteiger partial charge in [-0.1, -0.05) is 29.5 Å². The van der Waals surface area contributed by atoms with E-state index in [-0.39, 0.29) is 11.8 Å². The second kappa shape index (κ2) is 9.68. The summed E-state index contributed by atoms with van der Waals surface area (Å²) in [5.74, 6) is 0.167. The maximum absolute atomic E-state index is 13.3. The van der Waals surface area contributed by atoms with Crippen molar-refractivity contribution in [2.45, 2.75) is 32.9 Å². The van der Waals surface area contributed by atoms with Gasteiger partial charge in [-0.15, -0.1) is 0 Å². The smallest absolute Gasteiger partial charge is 0.259 e. The minimum Gasteiger partial charge on any atom is -0.496 e. The Morgan fingerprint density at radius 1 is 1.22 bits per heavy atom. The van der Waals surface area contributed by atoms with E-state index >= 15 is 0 Å². The molecule has 1 aromatic carbocycles. The number of hydrogen-bond donors (Lipinski definition) is 1. The van der Waals surface area contributed by atoms with Crippen LogP contribution in [0.25, 0.3) is 11.1 Å². The number of rotatable bonds is 5. The molecule has 36 heavy (non-hydrogen) atoms. The van der Waals surface area contributed by atoms with Gasteiger partial charge in [0.2, 0.25) is 5.91 Å². The molecule has 0 aliphatic carbocycles. The lowest BCUT2D eigenvalue weighted by Crippen LogP contribution is -2.44. The molecule has 0 radical (unpaired) electrons. The maximum Gasteiger partial charge on any atom is 0.259 e. The molecule has 1 saturated heterocycles. The van der Waals surface area contributed by atoms with E-state index in [4.69, 9.17) is 9.47 Å². The van der Waals surface area contributed by atoms with Gasteiger partial charge >= 0.3 is 0 Å². The van der Waals surface area contributed by atoms with Gasteiger partial charge in [0.15, 0.2) is 5.13 Å². The predicted octanol–water partition coefficient (Wildman–Crippen LogP) is 3.94. The molecule has 2 aliphatic heterocycles. The Bertz CT molecular complexity index is 1350. The summed E-state index contributed by atoms with van der Waals surface area (Å²) >= 11 is 1.34. The zero-order valence-corrected chi connectivity index (χ0v) is 20.9. The van der Waals surface area contributed by atoms with E-state index in [1.807, 2.05) is 37.3 Å². The van der Waals surface area contributed by atoms with Crippen LogP contribution in [-0.4, -0.2) is 47.0 Å². The van der Waals surface area contributed by atoms with Crippen molar-refractivity contribution >= 4 is 28.3 Å². The van der Waals surface area contributed by atoms with Crippen LogP contribution in [0.1, 0.15) is 39.5 Å². The van der Waals surface area contributed by atoms with Crippen molar-refractivity contribution in [3.8, 4) is 22.9 Å². The number of aromatic nitrogens is 2. The van der Waals surface area contributed by atoms with E-state index in [1.165, 1.54) is 11.3 Å². The fourth-order valence-corrected chi connectivity index (χ4v) is 5.61. The van der Waals surface area contributed by atoms with Crippen LogP contribution >= 0.6 is 11.3 Å². The molecule has 4 heterocycles. The number of carbonyl (C=O) groups excluding carboxylic acids is 2. The number of hydrogen-bond acceptors (Lipinski definition) is 8. The topological polar surface area (TPSA) is 117 Å². The molecule has 0 atom stereocenters. The Kier molecular flexibility index (Phi) is 6.43. The molecule has 0 bridgehead atoms. The molecule has 0 saturated carbocycles. The van der Waals surface area contributed by atoms with E-state index < -0.39 is 5.41 Å². The minimum absolute atomic E-state index is 0.170. The van der Waals surface area contributed by atoms with E-state index in [9.17, 15) is 14.9 Å². The number of methoxy groups -OCH3 is 1. The summed E-state index contributed by atoms with van der Waals surface area (Å²) in [6, 6.07) is 11.6. The highest BCUT2D eigenvalue weighted by Gasteiger charge is 2.45. The first-order chi connectivity index (χ1) is 17.4. The predicted molar refractivity (Wildman–Crippen MR) is 133 cm³/mol. The van der Waals surface area contributed by atoms with Crippen molar-refractivity contribution < 1.29 is 19.1 Å². The molecule has 184 valence electrons. The molecule has 2 aromatic heterocycles. The third-order valence-electron chi connectivity index (χ3n) is 6.61. The van der Waals surface area contributed by atoms with E-state index in [0.717, 1.165) is 27.4 Å². The average molecular weight is 504 g/mol. The third kappa shape index (κ3) is 4.32. The Hall–Kier alpha value is -3.81. The number of para-hydroxylation sites is 1. The molecule has 5 rings (SSSR count). The molecule has 0 unspecified atom stereocenters. The first kappa shape index (κ1) is 23.9. The van der Waals surface area contributed by atoms with Crippen LogP contribution < -0.4 is 10.1 Å². The molecule has 2 amide bonds. The lowest BCUT2D eigenvalue weighted by molar-refractivity contribution is -0.144. The number of aryl methyl sites for hydroxylation is 1. The van der Waals surface area contributed by atoms with Crippen LogP contribution in [0.3, 0.4) is 0 Å². The fraction of sp³-hybridized carbons (Fsp3) is 0.346. The summed E-state index contributed by atoms with van der Waals surface area (Å²) in [7, 11) is 1.60. The maximum atomic E-state index is 13.3. The van der Waals surface area contributed by atoms with Gasteiger partial charge in [0, 0.05) is 36.2 Å². The summed E-state index contributed by atoms with van der Waals surface area (Å²) in [6.07, 6.45) is 2.37. The summed E-state index contributed by atoms with van der Waals surface area (Å²) in [5, 5.41) is 13.1. The quantitative estimate of drug-likeness (QED) is 0.560. The second-order valence-electron chi connectivity index (χ2n) is 8.88. The molecule has 9 nitrogen and oxygen atoms in total. The molecular weight excluding hydrogens is 478 g/mol. The van der Waals surface area contributed by atoms with Crippen molar-refractivity contribution in [3.05, 3.63) is 58.4 Å². The number of thiazole rings is 1. The van der Waals surface area contributed by atoms with E-state index in [2.05, 4.69) is 21.4 Å².